The molecular formula is C41H40Cl2N4O6S. The summed E-state index contributed by atoms with van der Waals surface area (Å²) < 4.78 is 7.41. The molecule has 5 aromatic rings. The highest BCUT2D eigenvalue weighted by atomic mass is 35.5. The number of ether oxygens (including phenoxy) is 1. The van der Waals surface area contributed by atoms with Crippen molar-refractivity contribution in [2.24, 2.45) is 0 Å². The summed E-state index contributed by atoms with van der Waals surface area (Å²) in [5, 5.41) is 18.9. The third-order valence-corrected chi connectivity index (χ3v) is 12.1. The summed E-state index contributed by atoms with van der Waals surface area (Å²) in [6.07, 6.45) is -0.688. The number of hydrogen-bond donors (Lipinski definition) is 3. The molecule has 0 fully saturated rings. The molecule has 3 N–H and O–H groups in total. The van der Waals surface area contributed by atoms with Crippen LogP contribution in [0.2, 0.25) is 0 Å². The zero-order chi connectivity index (χ0) is 38.1. The first-order valence-corrected chi connectivity index (χ1v) is 19.8. The van der Waals surface area contributed by atoms with E-state index in [4.69, 9.17) is 33.0 Å². The molecule has 54 heavy (non-hydrogen) atoms. The summed E-state index contributed by atoms with van der Waals surface area (Å²) in [5.41, 5.74) is 6.06. The molecule has 2 aliphatic heterocycles. The van der Waals surface area contributed by atoms with Gasteiger partial charge in [-0.3, -0.25) is 14.4 Å². The van der Waals surface area contributed by atoms with Gasteiger partial charge in [0.25, 0.3) is 0 Å². The van der Waals surface area contributed by atoms with E-state index in [1.807, 2.05) is 60.7 Å². The molecule has 7 rings (SSSR count). The number of alkyl halides is 2. The molecular weight excluding hydrogens is 747 g/mol. The Morgan fingerprint density at radius 2 is 1.50 bits per heavy atom. The molecule has 2 aliphatic rings. The smallest absolute Gasteiger partial charge is 0.405 e. The average Bonchev–Trinajstić information content (AvgIpc) is 3.86. The third kappa shape index (κ3) is 7.20. The second-order valence-corrected chi connectivity index (χ2v) is 15.3. The summed E-state index contributed by atoms with van der Waals surface area (Å²) in [7, 11) is 0. The van der Waals surface area contributed by atoms with Crippen LogP contribution in [0.15, 0.2) is 72.1 Å². The molecule has 3 atom stereocenters. The van der Waals surface area contributed by atoms with Gasteiger partial charge in [0.05, 0.1) is 16.1 Å². The van der Waals surface area contributed by atoms with Gasteiger partial charge in [0.1, 0.15) is 18.4 Å². The SMILES string of the molecule is Cc1csc2c(OCc3ccccc3)cc3c(c12)[C@H](CCl)CN3C(=O)CCCC(=O)N1C[C@@H](CCl)c2c1cc(NC(=O)[C@H](C)NC(=O)O)c1ccccc21. The van der Waals surface area contributed by atoms with Gasteiger partial charge in [-0.1, -0.05) is 54.6 Å². The highest BCUT2D eigenvalue weighted by molar-refractivity contribution is 7.17. The average molecular weight is 788 g/mol. The molecule has 4 aromatic carbocycles. The van der Waals surface area contributed by atoms with Gasteiger partial charge in [0.2, 0.25) is 17.7 Å². The molecule has 0 aliphatic carbocycles. The van der Waals surface area contributed by atoms with Crippen LogP contribution in [-0.2, 0) is 21.0 Å². The number of amides is 4. The van der Waals surface area contributed by atoms with Gasteiger partial charge >= 0.3 is 6.09 Å². The highest BCUT2D eigenvalue weighted by Gasteiger charge is 2.37. The zero-order valence-corrected chi connectivity index (χ0v) is 32.2. The summed E-state index contributed by atoms with van der Waals surface area (Å²) in [5.74, 6) is 0.435. The van der Waals surface area contributed by atoms with Crippen LogP contribution in [0.5, 0.6) is 5.75 Å². The number of carboxylic acid groups (broad SMARTS) is 1. The Labute approximate surface area is 327 Å². The number of aryl methyl sites for hydroxylation is 1. The Kier molecular flexibility index (Phi) is 11.0. The van der Waals surface area contributed by atoms with Crippen LogP contribution in [0.4, 0.5) is 21.9 Å². The van der Waals surface area contributed by atoms with Crippen LogP contribution in [0.1, 0.15) is 60.3 Å². The van der Waals surface area contributed by atoms with E-state index in [1.54, 1.807) is 27.2 Å². The van der Waals surface area contributed by atoms with E-state index in [9.17, 15) is 19.2 Å². The van der Waals surface area contributed by atoms with Crippen molar-refractivity contribution in [2.45, 2.75) is 57.6 Å². The van der Waals surface area contributed by atoms with E-state index >= 15 is 0 Å². The molecule has 0 saturated carbocycles. The summed E-state index contributed by atoms with van der Waals surface area (Å²) >= 11 is 14.6. The molecule has 280 valence electrons. The van der Waals surface area contributed by atoms with Crippen LogP contribution in [0, 0.1) is 6.92 Å². The van der Waals surface area contributed by atoms with Crippen molar-refractivity contribution in [3.05, 3.63) is 94.4 Å². The topological polar surface area (TPSA) is 128 Å². The molecule has 0 unspecified atom stereocenters. The minimum atomic E-state index is -1.31. The van der Waals surface area contributed by atoms with Gasteiger partial charge in [-0.15, -0.1) is 34.5 Å². The third-order valence-electron chi connectivity index (χ3n) is 10.3. The number of halogens is 2. The first kappa shape index (κ1) is 37.5. The molecule has 1 aromatic heterocycles. The second kappa shape index (κ2) is 15.9. The van der Waals surface area contributed by atoms with E-state index in [0.29, 0.717) is 43.4 Å². The zero-order valence-electron chi connectivity index (χ0n) is 29.9. The monoisotopic (exact) mass is 786 g/mol. The largest absolute Gasteiger partial charge is 0.487 e. The Bertz CT molecular complexity index is 2260. The lowest BCUT2D eigenvalue weighted by atomic mass is 9.95. The van der Waals surface area contributed by atoms with Gasteiger partial charge in [-0.2, -0.15) is 0 Å². The van der Waals surface area contributed by atoms with Gasteiger partial charge in [-0.25, -0.2) is 4.79 Å². The van der Waals surface area contributed by atoms with Crippen molar-refractivity contribution in [1.29, 1.82) is 0 Å². The predicted molar refractivity (Wildman–Crippen MR) is 216 cm³/mol. The van der Waals surface area contributed by atoms with Crippen molar-refractivity contribution in [3.63, 3.8) is 0 Å². The molecule has 0 bridgehead atoms. The number of nitrogens with one attached hydrogen (secondary N) is 2. The molecule has 13 heteroatoms. The lowest BCUT2D eigenvalue weighted by Crippen LogP contribution is -2.40. The number of fused-ring (bicyclic) bond motifs is 6. The van der Waals surface area contributed by atoms with Gasteiger partial charge < -0.3 is 30.3 Å². The van der Waals surface area contributed by atoms with E-state index in [-0.39, 0.29) is 42.4 Å². The molecule has 0 saturated heterocycles. The number of carbonyl (C=O) groups is 4. The minimum Gasteiger partial charge on any atom is -0.487 e. The maximum Gasteiger partial charge on any atom is 0.405 e. The summed E-state index contributed by atoms with van der Waals surface area (Å²) in [6.45, 7) is 4.75. The Morgan fingerprint density at radius 1 is 0.889 bits per heavy atom. The van der Waals surface area contributed by atoms with Crippen LogP contribution in [-0.4, -0.2) is 59.8 Å². The van der Waals surface area contributed by atoms with E-state index in [1.165, 1.54) is 6.92 Å². The number of anilines is 3. The lowest BCUT2D eigenvalue weighted by Gasteiger charge is -2.21. The predicted octanol–water partition coefficient (Wildman–Crippen LogP) is 8.75. The maximum atomic E-state index is 14.0. The van der Waals surface area contributed by atoms with Crippen LogP contribution >= 0.6 is 34.5 Å². The molecule has 3 heterocycles. The maximum absolute atomic E-state index is 14.0. The molecule has 10 nitrogen and oxygen atoms in total. The number of thiophene rings is 1. The van der Waals surface area contributed by atoms with Crippen molar-refractivity contribution in [1.82, 2.24) is 5.32 Å². The first-order chi connectivity index (χ1) is 26.1. The fourth-order valence-corrected chi connectivity index (χ4v) is 9.21. The van der Waals surface area contributed by atoms with Crippen LogP contribution < -0.4 is 25.2 Å². The number of benzene rings is 4. The quantitative estimate of drug-likeness (QED) is 0.109. The van der Waals surface area contributed by atoms with Crippen molar-refractivity contribution in [3.8, 4) is 5.75 Å². The van der Waals surface area contributed by atoms with E-state index in [2.05, 4.69) is 22.9 Å². The normalized spacial score (nSPS) is 16.7. The van der Waals surface area contributed by atoms with E-state index in [0.717, 1.165) is 54.5 Å². The Morgan fingerprint density at radius 3 is 2.15 bits per heavy atom. The minimum absolute atomic E-state index is 0.0350. The van der Waals surface area contributed by atoms with E-state index < -0.39 is 18.0 Å². The molecule has 0 radical (unpaired) electrons. The van der Waals surface area contributed by atoms with Gasteiger partial charge in [0, 0.05) is 72.1 Å². The fraction of sp³-hybridized carbons (Fsp3) is 0.317. The van der Waals surface area contributed by atoms with Crippen molar-refractivity contribution >= 4 is 96.3 Å². The number of nitrogens with zero attached hydrogens (tertiary/aromatic N) is 2. The highest BCUT2D eigenvalue weighted by Crippen LogP contribution is 2.49. The lowest BCUT2D eigenvalue weighted by molar-refractivity contribution is -0.120. The number of carbonyl (C=O) groups excluding carboxylic acids is 3. The fourth-order valence-electron chi connectivity index (χ4n) is 7.67. The molecule has 0 spiro atoms. The first-order valence-electron chi connectivity index (χ1n) is 17.9. The summed E-state index contributed by atoms with van der Waals surface area (Å²) in [6, 6.07) is 20.2. The van der Waals surface area contributed by atoms with Crippen LogP contribution in [0.3, 0.4) is 0 Å². The number of hydrogen-bond acceptors (Lipinski definition) is 6. The van der Waals surface area contributed by atoms with Crippen molar-refractivity contribution < 1.29 is 29.0 Å². The molecule has 4 amide bonds. The summed E-state index contributed by atoms with van der Waals surface area (Å²) in [4.78, 5) is 55.5. The van der Waals surface area contributed by atoms with Gasteiger partial charge in [-0.05, 0) is 59.4 Å². The van der Waals surface area contributed by atoms with Crippen molar-refractivity contribution in [2.75, 3.05) is 40.0 Å². The Hall–Kier alpha value is -4.84. The Balaban J connectivity index is 1.09. The van der Waals surface area contributed by atoms with Crippen LogP contribution in [0.25, 0.3) is 20.9 Å². The number of rotatable bonds is 12. The second-order valence-electron chi connectivity index (χ2n) is 13.8. The standard InChI is InChI=1S/C41H40Cl2N4O6S/c1-23-22-54-39-33(53-21-25-9-4-3-5-10-25)16-32-38(36(23)39)27(18-43)20-47(32)35(49)14-8-13-34(48)46-19-26(17-42)37-29-12-7-6-11-28(29)30(15-31(37)46)45-40(50)24(2)44-41(51)52/h3-7,9-12,15-16,22,24,26-27,44H,8,13-14,17-21H2,1-2H3,(H,45,50)(H,51,52)/t24-,26+,27+/m0/s1. The van der Waals surface area contributed by atoms with Gasteiger partial charge in [0.15, 0.2) is 0 Å².